The highest BCUT2D eigenvalue weighted by Gasteiger charge is 2.37. The molecule has 0 radical (unpaired) electrons. The van der Waals surface area contributed by atoms with E-state index in [1.807, 2.05) is 0 Å². The number of fused-ring (bicyclic) bond motifs is 1. The first-order chi connectivity index (χ1) is 9.63. The zero-order valence-electron chi connectivity index (χ0n) is 10.7. The fourth-order valence-corrected chi connectivity index (χ4v) is 2.17. The van der Waals surface area contributed by atoms with Crippen molar-refractivity contribution < 1.29 is 14.3 Å². The third kappa shape index (κ3) is 1.62. The number of hydrogen-bond donors (Lipinski definition) is 1. The highest BCUT2D eigenvalue weighted by Crippen LogP contribution is 2.33. The number of carbonyl (C=O) groups is 2. The van der Waals surface area contributed by atoms with E-state index in [2.05, 4.69) is 4.98 Å². The smallest absolute Gasteiger partial charge is 0.267 e. The van der Waals surface area contributed by atoms with Gasteiger partial charge in [-0.05, 0) is 18.2 Å². The molecule has 6 heteroatoms. The number of carbonyl (C=O) groups excluding carboxylic acids is 2. The molecule has 2 N–H and O–H groups in total. The molecule has 0 bridgehead atoms. The summed E-state index contributed by atoms with van der Waals surface area (Å²) in [5.74, 6) is -0.260. The van der Waals surface area contributed by atoms with E-state index >= 15 is 0 Å². The molecule has 20 heavy (non-hydrogen) atoms. The van der Waals surface area contributed by atoms with Crippen LogP contribution < -0.4 is 15.4 Å². The van der Waals surface area contributed by atoms with E-state index in [1.165, 1.54) is 25.6 Å². The highest BCUT2D eigenvalue weighted by molar-refractivity contribution is 6.35. The summed E-state index contributed by atoms with van der Waals surface area (Å²) in [4.78, 5) is 29.5. The molecule has 0 spiro atoms. The average Bonchev–Trinajstić information content (AvgIpc) is 2.72. The third-order valence-electron chi connectivity index (χ3n) is 3.16. The Labute approximate surface area is 114 Å². The summed E-state index contributed by atoms with van der Waals surface area (Å²) in [7, 11) is 1.52. The van der Waals surface area contributed by atoms with Gasteiger partial charge in [-0.2, -0.15) is 0 Å². The maximum Gasteiger partial charge on any atom is 0.267 e. The van der Waals surface area contributed by atoms with Gasteiger partial charge in [-0.15, -0.1) is 0 Å². The normalized spacial score (nSPS) is 13.6. The molecule has 1 aliphatic heterocycles. The van der Waals surface area contributed by atoms with E-state index in [1.54, 1.807) is 18.2 Å². The van der Waals surface area contributed by atoms with E-state index in [0.717, 1.165) is 4.90 Å². The van der Waals surface area contributed by atoms with Crippen LogP contribution in [0.3, 0.4) is 0 Å². The summed E-state index contributed by atoms with van der Waals surface area (Å²) in [5, 5.41) is 0. The standard InChI is InChI=1S/C14H11N3O3/c1-20-8-2-3-12(11(15)6-8)17-13(18)9-4-5-16-7-10(9)14(17)19/h2-7H,15H2,1H3. The molecule has 2 amide bonds. The number of aromatic nitrogens is 1. The van der Waals surface area contributed by atoms with E-state index in [9.17, 15) is 9.59 Å². The third-order valence-corrected chi connectivity index (χ3v) is 3.16. The minimum Gasteiger partial charge on any atom is -0.497 e. The highest BCUT2D eigenvalue weighted by atomic mass is 16.5. The first kappa shape index (κ1) is 12.2. The molecular formula is C14H11N3O3. The van der Waals surface area contributed by atoms with Gasteiger partial charge in [0.1, 0.15) is 5.75 Å². The van der Waals surface area contributed by atoms with Gasteiger partial charge in [0.25, 0.3) is 11.8 Å². The van der Waals surface area contributed by atoms with Crippen LogP contribution in [0.1, 0.15) is 20.7 Å². The zero-order valence-corrected chi connectivity index (χ0v) is 10.7. The predicted octanol–water partition coefficient (Wildman–Crippen LogP) is 1.47. The van der Waals surface area contributed by atoms with Crippen molar-refractivity contribution in [3.63, 3.8) is 0 Å². The maximum absolute atomic E-state index is 12.3. The van der Waals surface area contributed by atoms with Crippen molar-refractivity contribution in [2.45, 2.75) is 0 Å². The lowest BCUT2D eigenvalue weighted by atomic mass is 10.2. The first-order valence-electron chi connectivity index (χ1n) is 5.90. The van der Waals surface area contributed by atoms with Gasteiger partial charge in [0.15, 0.2) is 0 Å². The molecule has 0 saturated heterocycles. The largest absolute Gasteiger partial charge is 0.497 e. The number of nitrogens with zero attached hydrogens (tertiary/aromatic N) is 2. The second-order valence-electron chi connectivity index (χ2n) is 4.29. The van der Waals surface area contributed by atoms with Crippen molar-refractivity contribution in [3.05, 3.63) is 47.8 Å². The molecular weight excluding hydrogens is 258 g/mol. The van der Waals surface area contributed by atoms with Crippen LogP contribution in [0.25, 0.3) is 0 Å². The number of pyridine rings is 1. The summed E-state index contributed by atoms with van der Waals surface area (Å²) in [6.45, 7) is 0. The lowest BCUT2D eigenvalue weighted by Crippen LogP contribution is -2.30. The summed E-state index contributed by atoms with van der Waals surface area (Å²) < 4.78 is 5.05. The Bertz CT molecular complexity index is 692. The second kappa shape index (κ2) is 4.34. The van der Waals surface area contributed by atoms with Crippen molar-refractivity contribution >= 4 is 23.2 Å². The molecule has 1 aliphatic rings. The van der Waals surface area contributed by atoms with Crippen LogP contribution >= 0.6 is 0 Å². The molecule has 1 aromatic carbocycles. The number of imide groups is 1. The Balaban J connectivity index is 2.09. The summed E-state index contributed by atoms with van der Waals surface area (Å²) in [6, 6.07) is 6.32. The zero-order chi connectivity index (χ0) is 14.3. The van der Waals surface area contributed by atoms with Gasteiger partial charge in [0, 0.05) is 18.5 Å². The van der Waals surface area contributed by atoms with Crippen molar-refractivity contribution in [1.29, 1.82) is 0 Å². The number of benzene rings is 1. The van der Waals surface area contributed by atoms with Gasteiger partial charge in [0.2, 0.25) is 0 Å². The Morgan fingerprint density at radius 2 is 1.90 bits per heavy atom. The van der Waals surface area contributed by atoms with E-state index in [0.29, 0.717) is 22.7 Å². The minimum absolute atomic E-state index is 0.285. The van der Waals surface area contributed by atoms with Gasteiger partial charge in [-0.25, -0.2) is 4.90 Å². The van der Waals surface area contributed by atoms with Crippen molar-refractivity contribution in [2.75, 3.05) is 17.7 Å². The molecule has 0 atom stereocenters. The Hall–Kier alpha value is -2.89. The fourth-order valence-electron chi connectivity index (χ4n) is 2.17. The monoisotopic (exact) mass is 269 g/mol. The van der Waals surface area contributed by atoms with Gasteiger partial charge >= 0.3 is 0 Å². The summed E-state index contributed by atoms with van der Waals surface area (Å²) in [6.07, 6.45) is 2.86. The van der Waals surface area contributed by atoms with Crippen LogP contribution in [-0.4, -0.2) is 23.9 Å². The maximum atomic E-state index is 12.3. The topological polar surface area (TPSA) is 85.5 Å². The van der Waals surface area contributed by atoms with Crippen molar-refractivity contribution in [1.82, 2.24) is 4.98 Å². The quantitative estimate of drug-likeness (QED) is 0.659. The predicted molar refractivity (Wildman–Crippen MR) is 72.8 cm³/mol. The molecule has 6 nitrogen and oxygen atoms in total. The lowest BCUT2D eigenvalue weighted by molar-refractivity contribution is 0.0926. The molecule has 3 rings (SSSR count). The number of methoxy groups -OCH3 is 1. The van der Waals surface area contributed by atoms with E-state index in [-0.39, 0.29) is 5.56 Å². The molecule has 2 heterocycles. The number of ether oxygens (including phenoxy) is 1. The Kier molecular flexibility index (Phi) is 2.64. The van der Waals surface area contributed by atoms with Crippen molar-refractivity contribution in [3.8, 4) is 5.75 Å². The number of hydrogen-bond acceptors (Lipinski definition) is 5. The number of rotatable bonds is 2. The lowest BCUT2D eigenvalue weighted by Gasteiger charge is -2.16. The van der Waals surface area contributed by atoms with Crippen LogP contribution in [0.15, 0.2) is 36.7 Å². The van der Waals surface area contributed by atoms with E-state index in [4.69, 9.17) is 10.5 Å². The van der Waals surface area contributed by atoms with Gasteiger partial charge in [-0.1, -0.05) is 0 Å². The van der Waals surface area contributed by atoms with Crippen molar-refractivity contribution in [2.24, 2.45) is 0 Å². The number of nitrogens with two attached hydrogens (primary N) is 1. The van der Waals surface area contributed by atoms with E-state index < -0.39 is 11.8 Å². The SMILES string of the molecule is COc1ccc(N2C(=O)c3ccncc3C2=O)c(N)c1. The fraction of sp³-hybridized carbons (Fsp3) is 0.0714. The average molecular weight is 269 g/mol. The number of amides is 2. The first-order valence-corrected chi connectivity index (χ1v) is 5.90. The summed E-state index contributed by atoms with van der Waals surface area (Å²) in [5.41, 5.74) is 7.16. The summed E-state index contributed by atoms with van der Waals surface area (Å²) >= 11 is 0. The van der Waals surface area contributed by atoms with Crippen LogP contribution in [0.2, 0.25) is 0 Å². The van der Waals surface area contributed by atoms with Crippen LogP contribution in [-0.2, 0) is 0 Å². The molecule has 0 aliphatic carbocycles. The van der Waals surface area contributed by atoms with Crippen LogP contribution in [0.4, 0.5) is 11.4 Å². The molecule has 0 unspecified atom stereocenters. The second-order valence-corrected chi connectivity index (χ2v) is 4.29. The van der Waals surface area contributed by atoms with Gasteiger partial charge in [-0.3, -0.25) is 14.6 Å². The van der Waals surface area contributed by atoms with Gasteiger partial charge < -0.3 is 10.5 Å². The molecule has 2 aromatic rings. The Morgan fingerprint density at radius 3 is 2.55 bits per heavy atom. The van der Waals surface area contributed by atoms with Gasteiger partial charge in [0.05, 0.1) is 29.6 Å². The number of anilines is 2. The molecule has 1 aromatic heterocycles. The van der Waals surface area contributed by atoms with Crippen LogP contribution in [0.5, 0.6) is 5.75 Å². The Morgan fingerprint density at radius 1 is 1.15 bits per heavy atom. The minimum atomic E-state index is -0.421. The molecule has 0 fully saturated rings. The molecule has 0 saturated carbocycles. The number of nitrogen functional groups attached to an aromatic ring is 1. The van der Waals surface area contributed by atoms with Crippen LogP contribution in [0, 0.1) is 0 Å². The molecule has 100 valence electrons.